The zero-order valence-electron chi connectivity index (χ0n) is 16.0. The molecule has 0 amide bonds. The van der Waals surface area contributed by atoms with Gasteiger partial charge in [0.1, 0.15) is 12.4 Å². The lowest BCUT2D eigenvalue weighted by atomic mass is 10.1. The Morgan fingerprint density at radius 1 is 1.31 bits per heavy atom. The number of ether oxygens (including phenoxy) is 2. The standard InChI is InChI=1S/C20H26N2O4/c1-13(21-20(3,4)5)16-12-15-8-7-9-17(25-6)18(15)22(19(16)24)10-11-26-14(2)23/h7-9,12,21H,1,10-11H2,2-6H3. The molecule has 0 atom stereocenters. The van der Waals surface area contributed by atoms with E-state index in [1.165, 1.54) is 6.92 Å². The number of methoxy groups -OCH3 is 1. The second kappa shape index (κ2) is 7.64. The number of fused-ring (bicyclic) bond motifs is 1. The monoisotopic (exact) mass is 358 g/mol. The van der Waals surface area contributed by atoms with Crippen molar-refractivity contribution in [2.75, 3.05) is 13.7 Å². The van der Waals surface area contributed by atoms with E-state index in [0.29, 0.717) is 22.5 Å². The number of hydrogen-bond acceptors (Lipinski definition) is 5. The molecule has 0 fully saturated rings. The third-order valence-electron chi connectivity index (χ3n) is 3.77. The third kappa shape index (κ3) is 4.45. The first-order chi connectivity index (χ1) is 12.1. The summed E-state index contributed by atoms with van der Waals surface area (Å²) in [6.07, 6.45) is 0. The van der Waals surface area contributed by atoms with Crippen molar-refractivity contribution >= 4 is 22.6 Å². The van der Waals surface area contributed by atoms with E-state index in [2.05, 4.69) is 11.9 Å². The lowest BCUT2D eigenvalue weighted by Crippen LogP contribution is -2.36. The largest absolute Gasteiger partial charge is 0.495 e. The van der Waals surface area contributed by atoms with Crippen LogP contribution in [0.1, 0.15) is 33.3 Å². The van der Waals surface area contributed by atoms with Crippen LogP contribution in [0.25, 0.3) is 16.6 Å². The van der Waals surface area contributed by atoms with Crippen LogP contribution in [0.5, 0.6) is 5.75 Å². The smallest absolute Gasteiger partial charge is 0.302 e. The number of nitrogens with one attached hydrogen (secondary N) is 1. The maximum Gasteiger partial charge on any atom is 0.302 e. The normalized spacial score (nSPS) is 11.3. The minimum Gasteiger partial charge on any atom is -0.495 e. The van der Waals surface area contributed by atoms with Gasteiger partial charge < -0.3 is 19.4 Å². The molecule has 0 spiro atoms. The molecule has 0 radical (unpaired) electrons. The van der Waals surface area contributed by atoms with Crippen molar-refractivity contribution in [1.29, 1.82) is 0 Å². The topological polar surface area (TPSA) is 69.6 Å². The van der Waals surface area contributed by atoms with Crippen molar-refractivity contribution in [2.24, 2.45) is 0 Å². The van der Waals surface area contributed by atoms with Gasteiger partial charge in [-0.2, -0.15) is 0 Å². The van der Waals surface area contributed by atoms with E-state index < -0.39 is 0 Å². The molecule has 0 aliphatic rings. The summed E-state index contributed by atoms with van der Waals surface area (Å²) in [4.78, 5) is 24.2. The molecule has 1 heterocycles. The Morgan fingerprint density at radius 3 is 2.58 bits per heavy atom. The molecule has 140 valence electrons. The lowest BCUT2D eigenvalue weighted by molar-refractivity contribution is -0.141. The summed E-state index contributed by atoms with van der Waals surface area (Å²) in [5, 5.41) is 4.09. The van der Waals surface area contributed by atoms with E-state index in [4.69, 9.17) is 9.47 Å². The van der Waals surface area contributed by atoms with Gasteiger partial charge in [0, 0.05) is 23.5 Å². The van der Waals surface area contributed by atoms with Gasteiger partial charge in [-0.05, 0) is 32.9 Å². The zero-order chi connectivity index (χ0) is 19.5. The Kier molecular flexibility index (Phi) is 5.75. The lowest BCUT2D eigenvalue weighted by Gasteiger charge is -2.24. The first-order valence-corrected chi connectivity index (χ1v) is 8.45. The van der Waals surface area contributed by atoms with Gasteiger partial charge in [0.25, 0.3) is 5.56 Å². The Hall–Kier alpha value is -2.76. The number of aromatic nitrogens is 1. The summed E-state index contributed by atoms with van der Waals surface area (Å²) >= 11 is 0. The minimum absolute atomic E-state index is 0.102. The molecule has 6 heteroatoms. The van der Waals surface area contributed by atoms with Crippen LogP contribution in [-0.2, 0) is 16.1 Å². The van der Waals surface area contributed by atoms with Gasteiger partial charge in [-0.15, -0.1) is 0 Å². The van der Waals surface area contributed by atoms with E-state index in [9.17, 15) is 9.59 Å². The van der Waals surface area contributed by atoms with Gasteiger partial charge in [0.15, 0.2) is 0 Å². The van der Waals surface area contributed by atoms with Crippen LogP contribution in [-0.4, -0.2) is 29.8 Å². The number of rotatable bonds is 6. The molecule has 6 nitrogen and oxygen atoms in total. The Bertz CT molecular complexity index is 891. The SMILES string of the molecule is C=C(NC(C)(C)C)c1cc2cccc(OC)c2n(CCOC(C)=O)c1=O. The van der Waals surface area contributed by atoms with Crippen LogP contribution in [0.4, 0.5) is 0 Å². The van der Waals surface area contributed by atoms with E-state index in [1.54, 1.807) is 17.7 Å². The number of para-hydroxylation sites is 1. The fraction of sp³-hybridized carbons (Fsp3) is 0.400. The van der Waals surface area contributed by atoms with Crippen molar-refractivity contribution in [2.45, 2.75) is 39.8 Å². The summed E-state index contributed by atoms with van der Waals surface area (Å²) < 4.78 is 12.0. The molecule has 1 aromatic heterocycles. The van der Waals surface area contributed by atoms with Crippen molar-refractivity contribution in [3.63, 3.8) is 0 Å². The Morgan fingerprint density at radius 2 is 2.00 bits per heavy atom. The third-order valence-corrected chi connectivity index (χ3v) is 3.77. The molecule has 0 aliphatic carbocycles. The van der Waals surface area contributed by atoms with Crippen LogP contribution in [0.3, 0.4) is 0 Å². The quantitative estimate of drug-likeness (QED) is 0.804. The van der Waals surface area contributed by atoms with Crippen molar-refractivity contribution in [3.8, 4) is 5.75 Å². The molecule has 0 saturated heterocycles. The predicted octanol–water partition coefficient (Wildman–Crippen LogP) is 2.93. The van der Waals surface area contributed by atoms with Gasteiger partial charge in [-0.25, -0.2) is 0 Å². The second-order valence-electron chi connectivity index (χ2n) is 7.11. The maximum atomic E-state index is 13.1. The number of nitrogens with zero attached hydrogens (tertiary/aromatic N) is 1. The number of hydrogen-bond donors (Lipinski definition) is 1. The summed E-state index contributed by atoms with van der Waals surface area (Å²) in [6.45, 7) is 11.7. The van der Waals surface area contributed by atoms with E-state index >= 15 is 0 Å². The van der Waals surface area contributed by atoms with Crippen LogP contribution in [0, 0.1) is 0 Å². The fourth-order valence-corrected chi connectivity index (χ4v) is 2.80. The second-order valence-corrected chi connectivity index (χ2v) is 7.11. The number of benzene rings is 1. The fourth-order valence-electron chi connectivity index (χ4n) is 2.80. The average molecular weight is 358 g/mol. The number of carbonyl (C=O) groups excluding carboxylic acids is 1. The molecule has 2 aromatic rings. The molecule has 1 N–H and O–H groups in total. The van der Waals surface area contributed by atoms with Crippen LogP contribution >= 0.6 is 0 Å². The molecule has 0 bridgehead atoms. The highest BCUT2D eigenvalue weighted by Crippen LogP contribution is 2.26. The first kappa shape index (κ1) is 19.6. The Balaban J connectivity index is 2.62. The summed E-state index contributed by atoms with van der Waals surface area (Å²) in [7, 11) is 1.56. The van der Waals surface area contributed by atoms with Gasteiger partial charge in [-0.3, -0.25) is 9.59 Å². The number of pyridine rings is 1. The molecule has 0 saturated carbocycles. The molecular weight excluding hydrogens is 332 g/mol. The first-order valence-electron chi connectivity index (χ1n) is 8.45. The summed E-state index contributed by atoms with van der Waals surface area (Å²) in [5.74, 6) is 0.202. The number of carbonyl (C=O) groups is 1. The van der Waals surface area contributed by atoms with Gasteiger partial charge in [0.2, 0.25) is 0 Å². The van der Waals surface area contributed by atoms with E-state index in [1.807, 2.05) is 39.0 Å². The highest BCUT2D eigenvalue weighted by molar-refractivity contribution is 5.87. The van der Waals surface area contributed by atoms with Gasteiger partial charge in [-0.1, -0.05) is 18.7 Å². The summed E-state index contributed by atoms with van der Waals surface area (Å²) in [6, 6.07) is 7.38. The van der Waals surface area contributed by atoms with Crippen molar-refractivity contribution in [1.82, 2.24) is 9.88 Å². The zero-order valence-corrected chi connectivity index (χ0v) is 16.0. The number of esters is 1. The van der Waals surface area contributed by atoms with Crippen LogP contribution < -0.4 is 15.6 Å². The molecular formula is C20H26N2O4. The van der Waals surface area contributed by atoms with Gasteiger partial charge in [0.05, 0.1) is 24.7 Å². The van der Waals surface area contributed by atoms with Crippen molar-refractivity contribution < 1.29 is 14.3 Å². The highest BCUT2D eigenvalue weighted by Gasteiger charge is 2.18. The van der Waals surface area contributed by atoms with E-state index in [-0.39, 0.29) is 30.2 Å². The molecule has 1 aromatic carbocycles. The highest BCUT2D eigenvalue weighted by atomic mass is 16.5. The van der Waals surface area contributed by atoms with Crippen molar-refractivity contribution in [3.05, 3.63) is 46.8 Å². The van der Waals surface area contributed by atoms with Gasteiger partial charge >= 0.3 is 5.97 Å². The molecule has 26 heavy (non-hydrogen) atoms. The average Bonchev–Trinajstić information content (AvgIpc) is 2.53. The predicted molar refractivity (Wildman–Crippen MR) is 103 cm³/mol. The molecule has 0 aliphatic heterocycles. The van der Waals surface area contributed by atoms with E-state index in [0.717, 1.165) is 5.39 Å². The molecule has 2 rings (SSSR count). The van der Waals surface area contributed by atoms with Crippen LogP contribution in [0.15, 0.2) is 35.6 Å². The summed E-state index contributed by atoms with van der Waals surface area (Å²) in [5.41, 5.74) is 1.25. The van der Waals surface area contributed by atoms with Crippen LogP contribution in [0.2, 0.25) is 0 Å². The Labute approximate surface area is 153 Å². The maximum absolute atomic E-state index is 13.1. The molecule has 0 unspecified atom stereocenters. The minimum atomic E-state index is -0.385.